The van der Waals surface area contributed by atoms with Crippen LogP contribution in [-0.4, -0.2) is 50.2 Å². The number of hydrogen-bond donors (Lipinski definition) is 4. The summed E-state index contributed by atoms with van der Waals surface area (Å²) in [5, 5.41) is 28.3. The molecule has 0 spiro atoms. The Morgan fingerprint density at radius 3 is 2.63 bits per heavy atom. The fourth-order valence-corrected chi connectivity index (χ4v) is 5.53. The van der Waals surface area contributed by atoms with Crippen LogP contribution < -0.4 is 30.9 Å². The lowest BCUT2D eigenvalue weighted by atomic mass is 10.0. The number of ether oxygens (including phenoxy) is 1. The number of methoxy groups -OCH3 is 1. The summed E-state index contributed by atoms with van der Waals surface area (Å²) in [6, 6.07) is 11.1. The van der Waals surface area contributed by atoms with E-state index < -0.39 is 7.14 Å². The molecule has 0 saturated heterocycles. The number of para-hydroxylation sites is 1. The number of allylic oxidation sites excluding steroid dienone is 1. The third-order valence-electron chi connectivity index (χ3n) is 6.33. The number of nitriles is 1. The van der Waals surface area contributed by atoms with E-state index >= 15 is 0 Å². The first-order valence-corrected chi connectivity index (χ1v) is 14.6. The molecular formula is C27H31N8O2P. The molecule has 2 aromatic carbocycles. The lowest BCUT2D eigenvalue weighted by molar-refractivity contribution is 0.417. The van der Waals surface area contributed by atoms with E-state index in [4.69, 9.17) is 10.1 Å². The predicted molar refractivity (Wildman–Crippen MR) is 154 cm³/mol. The maximum Gasteiger partial charge on any atom is 0.229 e. The number of nitrogens with one attached hydrogen (secondary N) is 4. The smallest absolute Gasteiger partial charge is 0.229 e. The first-order valence-electron chi connectivity index (χ1n) is 12.0. The standard InChI is InChI=1S/C27H31N8O2P/c1-17-15-31-27(34-26(17)32-21-8-6-7-9-25(21)38(4,5)36)33-22-12-18-19(14-28)20(30-2)10-11-35(16-29)23(18)13-24(22)37-3/h6-9,12-15,28,30H,10-11H2,1-5H3,(H2,31,32,33,34). The molecule has 0 aliphatic carbocycles. The summed E-state index contributed by atoms with van der Waals surface area (Å²) in [5.74, 6) is 1.40. The molecule has 38 heavy (non-hydrogen) atoms. The second kappa shape index (κ2) is 11.0. The van der Waals surface area contributed by atoms with Crippen LogP contribution in [0.3, 0.4) is 0 Å². The van der Waals surface area contributed by atoms with Crippen molar-refractivity contribution < 1.29 is 9.30 Å². The highest BCUT2D eigenvalue weighted by atomic mass is 31.2. The number of benzene rings is 2. The molecule has 2 heterocycles. The molecule has 1 aliphatic heterocycles. The van der Waals surface area contributed by atoms with Gasteiger partial charge in [-0.3, -0.25) is 4.90 Å². The van der Waals surface area contributed by atoms with E-state index in [-0.39, 0.29) is 0 Å². The number of aryl methyl sites for hydroxylation is 1. The lowest BCUT2D eigenvalue weighted by Gasteiger charge is -2.20. The third-order valence-corrected chi connectivity index (χ3v) is 7.88. The molecule has 11 heteroatoms. The van der Waals surface area contributed by atoms with Crippen LogP contribution in [0.5, 0.6) is 5.75 Å². The molecule has 0 saturated carbocycles. The van der Waals surface area contributed by atoms with Gasteiger partial charge in [0.15, 0.2) is 6.19 Å². The Bertz CT molecular complexity index is 1510. The Morgan fingerprint density at radius 2 is 1.97 bits per heavy atom. The Balaban J connectivity index is 1.76. The molecule has 4 rings (SSSR count). The number of hydrogen-bond acceptors (Lipinski definition) is 10. The van der Waals surface area contributed by atoms with E-state index in [1.165, 1.54) is 6.21 Å². The topological polar surface area (TPSA) is 139 Å². The first-order chi connectivity index (χ1) is 18.2. The highest BCUT2D eigenvalue weighted by molar-refractivity contribution is 7.70. The van der Waals surface area contributed by atoms with Gasteiger partial charge in [-0.2, -0.15) is 10.2 Å². The predicted octanol–water partition coefficient (Wildman–Crippen LogP) is 4.80. The summed E-state index contributed by atoms with van der Waals surface area (Å²) in [4.78, 5) is 10.7. The number of anilines is 5. The molecule has 1 aromatic heterocycles. The minimum absolute atomic E-state index is 0.324. The minimum Gasteiger partial charge on any atom is -0.494 e. The zero-order chi connectivity index (χ0) is 27.4. The maximum absolute atomic E-state index is 12.8. The van der Waals surface area contributed by atoms with Crippen LogP contribution in [0, 0.1) is 23.8 Å². The molecule has 0 bridgehead atoms. The van der Waals surface area contributed by atoms with Crippen molar-refractivity contribution in [1.29, 1.82) is 10.7 Å². The largest absolute Gasteiger partial charge is 0.494 e. The molecule has 1 aliphatic rings. The number of rotatable bonds is 8. The molecule has 10 nitrogen and oxygen atoms in total. The van der Waals surface area contributed by atoms with Crippen molar-refractivity contribution in [3.05, 3.63) is 59.4 Å². The second-order valence-electron chi connectivity index (χ2n) is 9.20. The lowest BCUT2D eigenvalue weighted by Crippen LogP contribution is -2.19. The molecule has 0 amide bonds. The molecule has 3 aromatic rings. The zero-order valence-electron chi connectivity index (χ0n) is 22.1. The van der Waals surface area contributed by atoms with Crippen molar-refractivity contribution in [2.24, 2.45) is 0 Å². The summed E-state index contributed by atoms with van der Waals surface area (Å²) >= 11 is 0. The molecule has 0 atom stereocenters. The van der Waals surface area contributed by atoms with Crippen molar-refractivity contribution in [3.63, 3.8) is 0 Å². The highest BCUT2D eigenvalue weighted by Gasteiger charge is 2.24. The number of aromatic nitrogens is 2. The van der Waals surface area contributed by atoms with Crippen LogP contribution in [0.1, 0.15) is 17.5 Å². The van der Waals surface area contributed by atoms with E-state index in [1.54, 1.807) is 37.6 Å². The Kier molecular flexibility index (Phi) is 7.70. The maximum atomic E-state index is 12.8. The SMILES string of the molecule is CNC1=C(C=N)c2cc(Nc3ncc(C)c(Nc4ccccc4P(C)(C)=O)n3)c(OC)cc2N(C#N)CC1. The summed E-state index contributed by atoms with van der Waals surface area (Å²) in [7, 11) is 0.850. The van der Waals surface area contributed by atoms with Gasteiger partial charge in [-0.15, -0.1) is 0 Å². The average Bonchev–Trinajstić information content (AvgIpc) is 3.05. The van der Waals surface area contributed by atoms with Crippen molar-refractivity contribution in [1.82, 2.24) is 15.3 Å². The van der Waals surface area contributed by atoms with Gasteiger partial charge in [0.25, 0.3) is 0 Å². The fraction of sp³-hybridized carbons (Fsp3) is 0.259. The van der Waals surface area contributed by atoms with Gasteiger partial charge in [0.05, 0.1) is 24.2 Å². The van der Waals surface area contributed by atoms with Crippen LogP contribution in [0.15, 0.2) is 48.3 Å². The van der Waals surface area contributed by atoms with Crippen LogP contribution in [0.2, 0.25) is 0 Å². The van der Waals surface area contributed by atoms with E-state index in [2.05, 4.69) is 32.1 Å². The quantitative estimate of drug-likeness (QED) is 0.184. The van der Waals surface area contributed by atoms with E-state index in [0.717, 1.165) is 22.3 Å². The Morgan fingerprint density at radius 1 is 1.21 bits per heavy atom. The van der Waals surface area contributed by atoms with Crippen molar-refractivity contribution in [2.75, 3.05) is 49.6 Å². The van der Waals surface area contributed by atoms with Gasteiger partial charge in [0.2, 0.25) is 5.95 Å². The average molecular weight is 531 g/mol. The number of fused-ring (bicyclic) bond motifs is 1. The summed E-state index contributed by atoms with van der Waals surface area (Å²) in [5.41, 5.74) is 5.07. The van der Waals surface area contributed by atoms with Crippen molar-refractivity contribution in [2.45, 2.75) is 13.3 Å². The fourth-order valence-electron chi connectivity index (χ4n) is 4.37. The van der Waals surface area contributed by atoms with Gasteiger partial charge in [0.1, 0.15) is 18.7 Å². The number of nitrogens with zero attached hydrogens (tertiary/aromatic N) is 4. The van der Waals surface area contributed by atoms with Crippen LogP contribution >= 0.6 is 7.14 Å². The summed E-state index contributed by atoms with van der Waals surface area (Å²) in [6.07, 6.45) is 5.83. The van der Waals surface area contributed by atoms with Crippen LogP contribution in [0.4, 0.5) is 28.8 Å². The molecule has 0 unspecified atom stereocenters. The first kappa shape index (κ1) is 26.7. The molecule has 0 fully saturated rings. The van der Waals surface area contributed by atoms with Gasteiger partial charge < -0.3 is 30.7 Å². The molecule has 4 N–H and O–H groups in total. The van der Waals surface area contributed by atoms with E-state index in [9.17, 15) is 9.83 Å². The molecular weight excluding hydrogens is 499 g/mol. The van der Waals surface area contributed by atoms with Gasteiger partial charge in [0, 0.05) is 66.2 Å². The van der Waals surface area contributed by atoms with Gasteiger partial charge in [-0.25, -0.2) is 4.98 Å². The summed E-state index contributed by atoms with van der Waals surface area (Å²) < 4.78 is 18.5. The minimum atomic E-state index is -2.52. The monoisotopic (exact) mass is 530 g/mol. The molecule has 196 valence electrons. The van der Waals surface area contributed by atoms with Gasteiger partial charge >= 0.3 is 0 Å². The molecule has 0 radical (unpaired) electrons. The highest BCUT2D eigenvalue weighted by Crippen LogP contribution is 2.41. The van der Waals surface area contributed by atoms with Gasteiger partial charge in [-0.05, 0) is 38.5 Å². The van der Waals surface area contributed by atoms with E-state index in [1.807, 2.05) is 44.3 Å². The third kappa shape index (κ3) is 5.34. The van der Waals surface area contributed by atoms with Crippen LogP contribution in [-0.2, 0) is 4.57 Å². The van der Waals surface area contributed by atoms with Crippen molar-refractivity contribution in [3.8, 4) is 11.9 Å². The second-order valence-corrected chi connectivity index (χ2v) is 12.4. The zero-order valence-corrected chi connectivity index (χ0v) is 23.0. The normalized spacial score (nSPS) is 13.2. The Labute approximate surface area is 222 Å². The van der Waals surface area contributed by atoms with Crippen molar-refractivity contribution >= 4 is 53.1 Å². The Hall–Kier alpha value is -4.35. The summed E-state index contributed by atoms with van der Waals surface area (Å²) in [6.45, 7) is 5.85. The van der Waals surface area contributed by atoms with E-state index in [0.29, 0.717) is 53.0 Å². The van der Waals surface area contributed by atoms with Crippen LogP contribution in [0.25, 0.3) is 5.57 Å². The van der Waals surface area contributed by atoms with Gasteiger partial charge in [-0.1, -0.05) is 12.1 Å².